The molecule has 0 saturated heterocycles. The largest absolute Gasteiger partial charge is 2.00 e. The van der Waals surface area contributed by atoms with Crippen LogP contribution in [0.5, 0.6) is 5.75 Å². The van der Waals surface area contributed by atoms with Gasteiger partial charge in [-0.1, -0.05) is 138 Å². The summed E-state index contributed by atoms with van der Waals surface area (Å²) < 4.78 is 33.4. The van der Waals surface area contributed by atoms with E-state index in [9.17, 15) is 0 Å². The molecular weight excluding hydrogens is 878 g/mol. The van der Waals surface area contributed by atoms with E-state index in [1.807, 2.05) is 122 Å². The Bertz CT molecular complexity index is 2980. The number of aromatic nitrogens is 3. The van der Waals surface area contributed by atoms with Gasteiger partial charge in [0, 0.05) is 21.7 Å². The maximum atomic E-state index is 8.52. The topological polar surface area (TPSA) is 39.9 Å². The van der Waals surface area contributed by atoms with Crippen LogP contribution in [0.15, 0.2) is 170 Å². The fourth-order valence-corrected chi connectivity index (χ4v) is 7.65. The fourth-order valence-electron chi connectivity index (χ4n) is 7.65. The average Bonchev–Trinajstić information content (AvgIpc) is 3.66. The zero-order valence-corrected chi connectivity index (χ0v) is 33.7. The smallest absolute Gasteiger partial charge is 0.665 e. The summed E-state index contributed by atoms with van der Waals surface area (Å²) in [4.78, 5) is 10.3. The minimum absolute atomic E-state index is 0. The molecule has 0 N–H and O–H groups in total. The van der Waals surface area contributed by atoms with Gasteiger partial charge >= 0.3 is 21.1 Å². The Hall–Kier alpha value is -6.35. The van der Waals surface area contributed by atoms with Crippen molar-refractivity contribution in [3.05, 3.63) is 200 Å². The van der Waals surface area contributed by atoms with Gasteiger partial charge in [-0.3, -0.25) is 9.55 Å². The molecular formula is C52H39N3OPt. The monoisotopic (exact) mass is 919 g/mol. The Balaban J connectivity index is 0.00000499. The molecule has 0 atom stereocenters. The van der Waals surface area contributed by atoms with Gasteiger partial charge in [-0.05, 0) is 95.5 Å². The molecule has 0 bridgehead atoms. The molecule has 0 radical (unpaired) electrons. The predicted octanol–water partition coefficient (Wildman–Crippen LogP) is 13.3. The van der Waals surface area contributed by atoms with E-state index in [1.54, 1.807) is 12.1 Å². The average molecular weight is 920 g/mol. The van der Waals surface area contributed by atoms with E-state index in [1.165, 1.54) is 0 Å². The Morgan fingerprint density at radius 1 is 0.596 bits per heavy atom. The summed E-state index contributed by atoms with van der Waals surface area (Å²) in [5.41, 5.74) is 14.3. The van der Waals surface area contributed by atoms with Gasteiger partial charge in [0.15, 0.2) is 0 Å². The number of imidazole rings is 1. The molecule has 278 valence electrons. The van der Waals surface area contributed by atoms with Crippen LogP contribution in [-0.2, 0) is 21.1 Å². The second-order valence-corrected chi connectivity index (χ2v) is 14.0. The van der Waals surface area contributed by atoms with Gasteiger partial charge in [-0.15, -0.1) is 23.8 Å². The van der Waals surface area contributed by atoms with Crippen LogP contribution >= 0.6 is 0 Å². The van der Waals surface area contributed by atoms with Crippen molar-refractivity contribution in [3.8, 4) is 78.6 Å². The first kappa shape index (κ1) is 33.9. The van der Waals surface area contributed by atoms with Gasteiger partial charge in [-0.25, -0.2) is 4.98 Å². The zero-order valence-electron chi connectivity index (χ0n) is 34.4. The normalized spacial score (nSPS) is 12.0. The molecule has 7 aromatic carbocycles. The third-order valence-electron chi connectivity index (χ3n) is 10.2. The SMILES string of the molecule is [2H]C([2H])([2H])c1cc(-c2ccccc2)cc(-n2c(-c3cc(C)cc(C)c3O[CH2-])nc3c(-c4[c-]c(-c5cc(-c6ccccc6)ccn5)cc(-c5ccccc5)c4)cccc32)c1.[Pt+2]. The molecule has 0 saturated carbocycles. The van der Waals surface area contributed by atoms with E-state index >= 15 is 0 Å². The first-order valence-electron chi connectivity index (χ1n) is 20.1. The maximum Gasteiger partial charge on any atom is 2.00 e. The van der Waals surface area contributed by atoms with Crippen molar-refractivity contribution in [2.45, 2.75) is 20.7 Å². The number of para-hydroxylation sites is 1. The number of ether oxygens (including phenoxy) is 1. The van der Waals surface area contributed by atoms with E-state index in [2.05, 4.69) is 67.8 Å². The van der Waals surface area contributed by atoms with Crippen LogP contribution in [0.25, 0.3) is 83.9 Å². The van der Waals surface area contributed by atoms with Crippen LogP contribution in [0.3, 0.4) is 0 Å². The van der Waals surface area contributed by atoms with Crippen LogP contribution in [0.1, 0.15) is 20.8 Å². The molecule has 0 aliphatic carbocycles. The van der Waals surface area contributed by atoms with Crippen molar-refractivity contribution in [2.24, 2.45) is 0 Å². The number of benzene rings is 7. The summed E-state index contributed by atoms with van der Waals surface area (Å²) in [6.45, 7) is 1.67. The summed E-state index contributed by atoms with van der Waals surface area (Å²) in [6.07, 6.45) is 1.85. The molecule has 0 unspecified atom stereocenters. The first-order chi connectivity index (χ1) is 28.6. The molecule has 0 fully saturated rings. The molecule has 2 heterocycles. The van der Waals surface area contributed by atoms with Gasteiger partial charge in [0.25, 0.3) is 0 Å². The first-order valence-corrected chi connectivity index (χ1v) is 18.6. The van der Waals surface area contributed by atoms with Crippen LogP contribution in [0.2, 0.25) is 0 Å². The van der Waals surface area contributed by atoms with Crippen molar-refractivity contribution < 1.29 is 29.9 Å². The molecule has 57 heavy (non-hydrogen) atoms. The summed E-state index contributed by atoms with van der Waals surface area (Å²) >= 11 is 0. The maximum absolute atomic E-state index is 8.52. The molecule has 0 aliphatic heterocycles. The summed E-state index contributed by atoms with van der Waals surface area (Å²) in [7, 11) is 3.83. The van der Waals surface area contributed by atoms with Crippen LogP contribution in [-0.4, -0.2) is 14.5 Å². The quantitative estimate of drug-likeness (QED) is 0.143. The van der Waals surface area contributed by atoms with Gasteiger partial charge in [0.2, 0.25) is 0 Å². The standard InChI is InChI=1S/C52H39N3O.Pt/c1-34-25-36(3)51(56-4)47(28-34)52-54-50-46(21-14-22-49(50)55(52)45-27-35(2)26-41(32-45)38-17-10-6-11-18-38)43-29-42(39-19-12-7-13-20-39)30-44(31-43)48-33-40(23-24-53-48)37-15-8-5-9-16-37;/h5-30,32-33H,4H2,1-3H3;/q-2;+2/i2D3;. The minimum Gasteiger partial charge on any atom is -0.665 e. The van der Waals surface area contributed by atoms with E-state index in [0.717, 1.165) is 83.5 Å². The van der Waals surface area contributed by atoms with Crippen molar-refractivity contribution in [2.75, 3.05) is 0 Å². The van der Waals surface area contributed by atoms with Crippen LogP contribution < -0.4 is 4.74 Å². The second kappa shape index (κ2) is 16.0. The molecule has 2 aromatic heterocycles. The third-order valence-corrected chi connectivity index (χ3v) is 10.2. The van der Waals surface area contributed by atoms with Gasteiger partial charge in [0.1, 0.15) is 5.82 Å². The molecule has 9 rings (SSSR count). The number of rotatable bonds is 8. The molecule has 0 amide bonds. The summed E-state index contributed by atoms with van der Waals surface area (Å²) in [5.74, 6) is 1.18. The number of pyridine rings is 1. The summed E-state index contributed by atoms with van der Waals surface area (Å²) in [6, 6.07) is 58.3. The Morgan fingerprint density at radius 2 is 1.25 bits per heavy atom. The van der Waals surface area contributed by atoms with Crippen molar-refractivity contribution in [1.82, 2.24) is 14.5 Å². The fraction of sp³-hybridized carbons (Fsp3) is 0.0577. The van der Waals surface area contributed by atoms with Crippen molar-refractivity contribution in [1.29, 1.82) is 0 Å². The van der Waals surface area contributed by atoms with E-state index < -0.39 is 6.85 Å². The third kappa shape index (κ3) is 7.37. The Morgan fingerprint density at radius 3 is 1.91 bits per heavy atom. The molecule has 4 nitrogen and oxygen atoms in total. The molecule has 0 aliphatic rings. The molecule has 9 aromatic rings. The molecule has 0 spiro atoms. The summed E-state index contributed by atoms with van der Waals surface area (Å²) in [5, 5.41) is 0. The number of hydrogen-bond acceptors (Lipinski definition) is 3. The zero-order chi connectivity index (χ0) is 40.7. The van der Waals surface area contributed by atoms with Crippen LogP contribution in [0.4, 0.5) is 0 Å². The molecule has 5 heteroatoms. The Labute approximate surface area is 353 Å². The van der Waals surface area contributed by atoms with Gasteiger partial charge < -0.3 is 4.74 Å². The van der Waals surface area contributed by atoms with E-state index in [-0.39, 0.29) is 26.6 Å². The number of hydrogen-bond donors (Lipinski definition) is 0. The van der Waals surface area contributed by atoms with E-state index in [0.29, 0.717) is 17.3 Å². The van der Waals surface area contributed by atoms with Gasteiger partial charge in [-0.2, -0.15) is 7.11 Å². The second-order valence-electron chi connectivity index (χ2n) is 14.0. The number of nitrogens with zero attached hydrogens (tertiary/aromatic N) is 3. The number of aryl methyl sites for hydroxylation is 3. The van der Waals surface area contributed by atoms with Crippen molar-refractivity contribution in [3.63, 3.8) is 0 Å². The van der Waals surface area contributed by atoms with Gasteiger partial charge in [0.05, 0.1) is 22.3 Å². The Kier molecular flexibility index (Phi) is 9.54. The van der Waals surface area contributed by atoms with Crippen molar-refractivity contribution >= 4 is 11.0 Å². The van der Waals surface area contributed by atoms with Crippen LogP contribution in [0, 0.1) is 33.9 Å². The predicted molar refractivity (Wildman–Crippen MR) is 231 cm³/mol. The number of fused-ring (bicyclic) bond motifs is 1. The van der Waals surface area contributed by atoms with E-state index in [4.69, 9.17) is 18.8 Å². The minimum atomic E-state index is -2.36.